The van der Waals surface area contributed by atoms with E-state index in [0.29, 0.717) is 11.6 Å². The van der Waals surface area contributed by atoms with E-state index in [2.05, 4.69) is 0 Å². The largest absolute Gasteiger partial charge is 0.502 e. The van der Waals surface area contributed by atoms with Gasteiger partial charge < -0.3 is 14.7 Å². The monoisotopic (exact) mass is 501 g/mol. The molecule has 1 N–H and O–H groups in total. The molecule has 180 valence electrons. The van der Waals surface area contributed by atoms with Crippen molar-refractivity contribution in [2.45, 2.75) is 22.9 Å². The standard InChI is InChI=1S/C24H18F3N3O4S/c25-14-9-15(26)20(27)13-11-35-17-4-2-1-3-12(17)21(19(13)14)30-18-10-34-8-7-28(18)24(33)22-23(32)16(31)5-6-29(22)30/h1-6,9,18,21,32H,7-8,10-11H2/t18-,21-/m1/s1. The van der Waals surface area contributed by atoms with Gasteiger partial charge in [0.25, 0.3) is 5.91 Å². The number of aromatic hydroxyl groups is 1. The first kappa shape index (κ1) is 22.1. The second-order valence-electron chi connectivity index (χ2n) is 8.43. The molecule has 0 aliphatic carbocycles. The minimum Gasteiger partial charge on any atom is -0.502 e. The van der Waals surface area contributed by atoms with Crippen molar-refractivity contribution >= 4 is 17.7 Å². The van der Waals surface area contributed by atoms with Crippen LogP contribution in [0.4, 0.5) is 13.2 Å². The second kappa shape index (κ2) is 8.06. The number of rotatable bonds is 1. The van der Waals surface area contributed by atoms with E-state index in [9.17, 15) is 19.1 Å². The molecule has 1 fully saturated rings. The van der Waals surface area contributed by atoms with Crippen LogP contribution in [0.1, 0.15) is 33.2 Å². The molecule has 3 aliphatic heterocycles. The molecule has 1 aromatic heterocycles. The minimum atomic E-state index is -1.29. The lowest BCUT2D eigenvalue weighted by Gasteiger charge is -2.51. The SMILES string of the molecule is O=C1c2c(O)c(=O)ccn2N([C@@H]2c3ccccc3SCc3c(F)c(F)cc(F)c32)[C@@H]2COCCN12. The van der Waals surface area contributed by atoms with Crippen molar-refractivity contribution in [2.24, 2.45) is 0 Å². The van der Waals surface area contributed by atoms with Gasteiger partial charge in [0.1, 0.15) is 18.0 Å². The molecule has 1 saturated heterocycles. The van der Waals surface area contributed by atoms with Crippen LogP contribution in [0.5, 0.6) is 5.75 Å². The van der Waals surface area contributed by atoms with Gasteiger partial charge >= 0.3 is 0 Å². The van der Waals surface area contributed by atoms with E-state index >= 15 is 8.78 Å². The van der Waals surface area contributed by atoms with E-state index in [-0.39, 0.29) is 42.3 Å². The molecule has 7 nitrogen and oxygen atoms in total. The summed E-state index contributed by atoms with van der Waals surface area (Å²) in [6, 6.07) is 7.69. The van der Waals surface area contributed by atoms with Gasteiger partial charge in [0.05, 0.1) is 13.2 Å². The first-order chi connectivity index (χ1) is 16.9. The van der Waals surface area contributed by atoms with Gasteiger partial charge in [0.15, 0.2) is 23.1 Å². The van der Waals surface area contributed by atoms with Crippen LogP contribution in [0.3, 0.4) is 0 Å². The number of pyridine rings is 1. The predicted molar refractivity (Wildman–Crippen MR) is 120 cm³/mol. The molecule has 11 heteroatoms. The molecular formula is C24H18F3N3O4S. The molecule has 0 spiro atoms. The zero-order valence-corrected chi connectivity index (χ0v) is 18.9. The van der Waals surface area contributed by atoms with E-state index in [1.807, 2.05) is 0 Å². The summed E-state index contributed by atoms with van der Waals surface area (Å²) in [5, 5.41) is 12.2. The number of fused-ring (bicyclic) bond motifs is 4. The lowest BCUT2D eigenvalue weighted by molar-refractivity contribution is -0.0198. The molecule has 0 bridgehead atoms. The van der Waals surface area contributed by atoms with E-state index in [1.54, 1.807) is 29.3 Å². The number of carbonyl (C=O) groups is 1. The highest BCUT2D eigenvalue weighted by Gasteiger charge is 2.46. The van der Waals surface area contributed by atoms with Gasteiger partial charge in [0.2, 0.25) is 5.43 Å². The van der Waals surface area contributed by atoms with E-state index in [0.717, 1.165) is 11.0 Å². The lowest BCUT2D eigenvalue weighted by Crippen LogP contribution is -2.66. The summed E-state index contributed by atoms with van der Waals surface area (Å²) in [5.41, 5.74) is -0.626. The fourth-order valence-electron chi connectivity index (χ4n) is 5.05. The van der Waals surface area contributed by atoms with E-state index < -0.39 is 46.7 Å². The third-order valence-electron chi connectivity index (χ3n) is 6.61. The van der Waals surface area contributed by atoms with Crippen LogP contribution in [0, 0.1) is 17.5 Å². The second-order valence-corrected chi connectivity index (χ2v) is 9.45. The van der Waals surface area contributed by atoms with Crippen molar-refractivity contribution in [3.05, 3.63) is 92.7 Å². The Bertz CT molecular complexity index is 1450. The maximum absolute atomic E-state index is 15.5. The highest BCUT2D eigenvalue weighted by molar-refractivity contribution is 7.98. The zero-order chi connectivity index (χ0) is 24.4. The van der Waals surface area contributed by atoms with Crippen molar-refractivity contribution in [3.8, 4) is 5.75 Å². The van der Waals surface area contributed by atoms with Gasteiger partial charge in [-0.25, -0.2) is 13.2 Å². The number of halogens is 3. The molecule has 0 unspecified atom stereocenters. The highest BCUT2D eigenvalue weighted by Crippen LogP contribution is 2.46. The number of nitrogens with zero attached hydrogens (tertiary/aromatic N) is 3. The Morgan fingerprint density at radius 2 is 1.89 bits per heavy atom. The van der Waals surface area contributed by atoms with Crippen molar-refractivity contribution < 1.29 is 27.8 Å². The Morgan fingerprint density at radius 1 is 1.09 bits per heavy atom. The average molecular weight is 501 g/mol. The Morgan fingerprint density at radius 3 is 2.71 bits per heavy atom. The number of benzene rings is 2. The predicted octanol–water partition coefficient (Wildman–Crippen LogP) is 3.12. The van der Waals surface area contributed by atoms with Crippen LogP contribution in [0.2, 0.25) is 0 Å². The maximum Gasteiger partial charge on any atom is 0.278 e. The Kier molecular flexibility index (Phi) is 5.08. The van der Waals surface area contributed by atoms with Gasteiger partial charge in [0, 0.05) is 46.6 Å². The van der Waals surface area contributed by atoms with E-state index in [1.165, 1.54) is 27.5 Å². The van der Waals surface area contributed by atoms with Gasteiger partial charge in [-0.2, -0.15) is 0 Å². The van der Waals surface area contributed by atoms with Crippen molar-refractivity contribution in [2.75, 3.05) is 24.8 Å². The summed E-state index contributed by atoms with van der Waals surface area (Å²) >= 11 is 1.25. The summed E-state index contributed by atoms with van der Waals surface area (Å²) < 4.78 is 51.8. The summed E-state index contributed by atoms with van der Waals surface area (Å²) in [6.07, 6.45) is 0.548. The van der Waals surface area contributed by atoms with Gasteiger partial charge in [-0.1, -0.05) is 18.2 Å². The summed E-state index contributed by atoms with van der Waals surface area (Å²) in [7, 11) is 0. The van der Waals surface area contributed by atoms with E-state index in [4.69, 9.17) is 4.74 Å². The van der Waals surface area contributed by atoms with Crippen LogP contribution in [-0.4, -0.2) is 46.5 Å². The van der Waals surface area contributed by atoms with Crippen molar-refractivity contribution in [1.82, 2.24) is 9.58 Å². The number of carbonyl (C=O) groups excluding carboxylic acids is 1. The van der Waals surface area contributed by atoms with Crippen molar-refractivity contribution in [3.63, 3.8) is 0 Å². The zero-order valence-electron chi connectivity index (χ0n) is 18.1. The Hall–Kier alpha value is -3.44. The number of hydrogen-bond acceptors (Lipinski definition) is 6. The normalized spacial score (nSPS) is 21.1. The third kappa shape index (κ3) is 3.18. The topological polar surface area (TPSA) is 75.0 Å². The smallest absolute Gasteiger partial charge is 0.278 e. The van der Waals surface area contributed by atoms with Crippen LogP contribution in [0.25, 0.3) is 0 Å². The van der Waals surface area contributed by atoms with Gasteiger partial charge in [-0.3, -0.25) is 19.3 Å². The number of ether oxygens (including phenoxy) is 1. The summed E-state index contributed by atoms with van der Waals surface area (Å²) in [5.74, 6) is -4.69. The van der Waals surface area contributed by atoms with Crippen molar-refractivity contribution in [1.29, 1.82) is 0 Å². The van der Waals surface area contributed by atoms with Gasteiger partial charge in [-0.05, 0) is 11.6 Å². The lowest BCUT2D eigenvalue weighted by atomic mass is 9.92. The van der Waals surface area contributed by atoms with Crippen LogP contribution >= 0.6 is 11.8 Å². The first-order valence-electron chi connectivity index (χ1n) is 10.9. The molecular weight excluding hydrogens is 483 g/mol. The fraction of sp³-hybridized carbons (Fsp3) is 0.250. The molecule has 2 atom stereocenters. The third-order valence-corrected chi connectivity index (χ3v) is 7.72. The minimum absolute atomic E-state index is 0.0106. The maximum atomic E-state index is 15.5. The fourth-order valence-corrected chi connectivity index (χ4v) is 6.15. The van der Waals surface area contributed by atoms with Crippen LogP contribution < -0.4 is 10.4 Å². The molecule has 3 aliphatic rings. The molecule has 3 aromatic rings. The molecule has 35 heavy (non-hydrogen) atoms. The average Bonchev–Trinajstić information content (AvgIpc) is 3.03. The van der Waals surface area contributed by atoms with Crippen LogP contribution in [-0.2, 0) is 10.5 Å². The first-order valence-corrected chi connectivity index (χ1v) is 11.9. The molecule has 4 heterocycles. The summed E-state index contributed by atoms with van der Waals surface area (Å²) in [6.45, 7) is 0.444. The van der Waals surface area contributed by atoms with Gasteiger partial charge in [-0.15, -0.1) is 11.8 Å². The highest BCUT2D eigenvalue weighted by atomic mass is 32.2. The number of morpholine rings is 1. The number of aromatic nitrogens is 1. The Balaban J connectivity index is 1.70. The number of thioether (sulfide) groups is 1. The molecule has 0 saturated carbocycles. The molecule has 0 radical (unpaired) electrons. The van der Waals surface area contributed by atoms with Crippen LogP contribution in [0.15, 0.2) is 52.3 Å². The number of amides is 1. The summed E-state index contributed by atoms with van der Waals surface area (Å²) in [4.78, 5) is 27.7. The molecule has 1 amide bonds. The Labute approximate surface area is 201 Å². The molecule has 6 rings (SSSR count). The number of hydrogen-bond donors (Lipinski definition) is 1. The quantitative estimate of drug-likeness (QED) is 0.517. The molecule has 2 aromatic carbocycles.